The van der Waals surface area contributed by atoms with Crippen LogP contribution < -0.4 is 0 Å². The SMILES string of the molecule is CC(=Nc1ccccc1)c1cc(C)cc([N+](=O)[O-])c1O. The fourth-order valence-corrected chi connectivity index (χ4v) is 1.93. The van der Waals surface area contributed by atoms with Gasteiger partial charge in [0.15, 0.2) is 0 Å². The lowest BCUT2D eigenvalue weighted by molar-refractivity contribution is -0.385. The van der Waals surface area contributed by atoms with Crippen molar-refractivity contribution in [1.29, 1.82) is 0 Å². The van der Waals surface area contributed by atoms with E-state index in [0.717, 1.165) is 5.69 Å². The Labute approximate surface area is 116 Å². The largest absolute Gasteiger partial charge is 0.502 e. The molecule has 0 heterocycles. The van der Waals surface area contributed by atoms with Crippen LogP contribution in [0.3, 0.4) is 0 Å². The second-order valence-corrected chi connectivity index (χ2v) is 4.47. The molecule has 5 nitrogen and oxygen atoms in total. The van der Waals surface area contributed by atoms with Gasteiger partial charge >= 0.3 is 5.69 Å². The standard InChI is InChI=1S/C15H14N2O3/c1-10-8-13(15(18)14(9-10)17(19)20)11(2)16-12-6-4-3-5-7-12/h3-9,18H,1-2H3. The van der Waals surface area contributed by atoms with Gasteiger partial charge in [-0.3, -0.25) is 15.1 Å². The van der Waals surface area contributed by atoms with E-state index in [4.69, 9.17) is 0 Å². The van der Waals surface area contributed by atoms with Crippen molar-refractivity contribution in [2.75, 3.05) is 0 Å². The third-order valence-electron chi connectivity index (χ3n) is 2.87. The highest BCUT2D eigenvalue weighted by atomic mass is 16.6. The summed E-state index contributed by atoms with van der Waals surface area (Å²) in [5.74, 6) is -0.349. The molecule has 0 atom stereocenters. The van der Waals surface area contributed by atoms with Crippen molar-refractivity contribution in [3.8, 4) is 5.75 Å². The molecule has 0 aliphatic heterocycles. The van der Waals surface area contributed by atoms with E-state index in [1.54, 1.807) is 19.9 Å². The zero-order valence-electron chi connectivity index (χ0n) is 11.2. The van der Waals surface area contributed by atoms with Crippen LogP contribution in [-0.4, -0.2) is 15.7 Å². The lowest BCUT2D eigenvalue weighted by Crippen LogP contribution is -1.99. The molecule has 0 saturated carbocycles. The van der Waals surface area contributed by atoms with Gasteiger partial charge in [0.05, 0.1) is 10.6 Å². The molecular formula is C15H14N2O3. The molecule has 0 aliphatic carbocycles. The molecule has 0 spiro atoms. The number of para-hydroxylation sites is 1. The number of aliphatic imine (C=N–C) groups is 1. The van der Waals surface area contributed by atoms with Gasteiger partial charge in [-0.05, 0) is 37.6 Å². The second-order valence-electron chi connectivity index (χ2n) is 4.47. The van der Waals surface area contributed by atoms with Crippen LogP contribution in [-0.2, 0) is 0 Å². The normalized spacial score (nSPS) is 11.4. The van der Waals surface area contributed by atoms with E-state index in [1.807, 2.05) is 30.3 Å². The number of hydrogen-bond acceptors (Lipinski definition) is 4. The Bertz CT molecular complexity index is 679. The number of nitro groups is 1. The highest BCUT2D eigenvalue weighted by Gasteiger charge is 2.19. The van der Waals surface area contributed by atoms with Gasteiger partial charge in [0, 0.05) is 17.3 Å². The molecule has 0 amide bonds. The highest BCUT2D eigenvalue weighted by Crippen LogP contribution is 2.32. The number of nitro benzene ring substituents is 1. The predicted molar refractivity (Wildman–Crippen MR) is 77.8 cm³/mol. The monoisotopic (exact) mass is 270 g/mol. The van der Waals surface area contributed by atoms with Gasteiger partial charge in [0.25, 0.3) is 0 Å². The van der Waals surface area contributed by atoms with Gasteiger partial charge in [-0.1, -0.05) is 18.2 Å². The van der Waals surface area contributed by atoms with Gasteiger partial charge in [-0.25, -0.2) is 0 Å². The number of phenols is 1. The lowest BCUT2D eigenvalue weighted by Gasteiger charge is -2.06. The smallest absolute Gasteiger partial charge is 0.311 e. The van der Waals surface area contributed by atoms with Crippen molar-refractivity contribution in [1.82, 2.24) is 0 Å². The molecule has 2 aromatic rings. The average Bonchev–Trinajstić information content (AvgIpc) is 2.41. The van der Waals surface area contributed by atoms with Crippen molar-refractivity contribution in [2.24, 2.45) is 4.99 Å². The van der Waals surface area contributed by atoms with Crippen LogP contribution in [0, 0.1) is 17.0 Å². The van der Waals surface area contributed by atoms with E-state index < -0.39 is 4.92 Å². The van der Waals surface area contributed by atoms with Crippen molar-refractivity contribution in [3.05, 3.63) is 63.7 Å². The first kappa shape index (κ1) is 13.7. The fourth-order valence-electron chi connectivity index (χ4n) is 1.93. The van der Waals surface area contributed by atoms with Crippen molar-refractivity contribution in [2.45, 2.75) is 13.8 Å². The maximum absolute atomic E-state index is 10.9. The van der Waals surface area contributed by atoms with Crippen LogP contribution in [0.1, 0.15) is 18.1 Å². The van der Waals surface area contributed by atoms with Gasteiger partial charge in [-0.15, -0.1) is 0 Å². The first-order chi connectivity index (χ1) is 9.49. The third kappa shape index (κ3) is 2.83. The second kappa shape index (κ2) is 5.52. The van der Waals surface area contributed by atoms with Crippen LogP contribution in [0.15, 0.2) is 47.5 Å². The number of benzene rings is 2. The molecule has 1 N–H and O–H groups in total. The summed E-state index contributed by atoms with van der Waals surface area (Å²) in [6.07, 6.45) is 0. The summed E-state index contributed by atoms with van der Waals surface area (Å²) in [5, 5.41) is 20.9. The van der Waals surface area contributed by atoms with Crippen LogP contribution >= 0.6 is 0 Å². The Morgan fingerprint density at radius 3 is 2.50 bits per heavy atom. The number of hydrogen-bond donors (Lipinski definition) is 1. The van der Waals surface area contributed by atoms with Gasteiger partial charge < -0.3 is 5.11 Å². The molecule has 0 fully saturated rings. The molecule has 20 heavy (non-hydrogen) atoms. The zero-order chi connectivity index (χ0) is 14.7. The van der Waals surface area contributed by atoms with Crippen LogP contribution in [0.4, 0.5) is 11.4 Å². The maximum atomic E-state index is 10.9. The Morgan fingerprint density at radius 1 is 1.25 bits per heavy atom. The Morgan fingerprint density at radius 2 is 1.90 bits per heavy atom. The summed E-state index contributed by atoms with van der Waals surface area (Å²) in [6, 6.07) is 12.3. The number of aryl methyl sites for hydroxylation is 1. The molecule has 0 aliphatic rings. The summed E-state index contributed by atoms with van der Waals surface area (Å²) in [7, 11) is 0. The quantitative estimate of drug-likeness (QED) is 0.524. The third-order valence-corrected chi connectivity index (χ3v) is 2.87. The summed E-state index contributed by atoms with van der Waals surface area (Å²) >= 11 is 0. The molecule has 0 unspecified atom stereocenters. The molecule has 0 radical (unpaired) electrons. The van der Waals surface area contributed by atoms with Crippen molar-refractivity contribution < 1.29 is 10.0 Å². The molecule has 5 heteroatoms. The molecular weight excluding hydrogens is 256 g/mol. The first-order valence-corrected chi connectivity index (χ1v) is 6.07. The Kier molecular flexibility index (Phi) is 3.79. The van der Waals surface area contributed by atoms with Gasteiger partial charge in [0.1, 0.15) is 0 Å². The van der Waals surface area contributed by atoms with Gasteiger partial charge in [-0.2, -0.15) is 0 Å². The van der Waals surface area contributed by atoms with Crippen LogP contribution in [0.5, 0.6) is 5.75 Å². The summed E-state index contributed by atoms with van der Waals surface area (Å²) in [4.78, 5) is 14.7. The predicted octanol–water partition coefficient (Wildman–Crippen LogP) is 3.75. The summed E-state index contributed by atoms with van der Waals surface area (Å²) in [6.45, 7) is 3.46. The molecule has 2 rings (SSSR count). The number of aromatic hydroxyl groups is 1. The van der Waals surface area contributed by atoms with E-state index in [9.17, 15) is 15.2 Å². The lowest BCUT2D eigenvalue weighted by atomic mass is 10.0. The van der Waals surface area contributed by atoms with Gasteiger partial charge in [0.2, 0.25) is 5.75 Å². The molecule has 0 aromatic heterocycles. The Balaban J connectivity index is 2.53. The topological polar surface area (TPSA) is 75.7 Å². The minimum atomic E-state index is -0.596. The Hall–Kier alpha value is -2.69. The molecule has 102 valence electrons. The maximum Gasteiger partial charge on any atom is 0.311 e. The number of phenolic OH excluding ortho intramolecular Hbond substituents is 1. The summed E-state index contributed by atoms with van der Waals surface area (Å²) in [5.41, 5.74) is 2.03. The zero-order valence-corrected chi connectivity index (χ0v) is 11.2. The van der Waals surface area contributed by atoms with E-state index in [1.165, 1.54) is 6.07 Å². The molecule has 2 aromatic carbocycles. The average molecular weight is 270 g/mol. The van der Waals surface area contributed by atoms with E-state index in [2.05, 4.69) is 4.99 Å². The number of rotatable bonds is 3. The highest BCUT2D eigenvalue weighted by molar-refractivity contribution is 6.03. The van der Waals surface area contributed by atoms with E-state index in [-0.39, 0.29) is 11.4 Å². The van der Waals surface area contributed by atoms with Crippen LogP contribution in [0.25, 0.3) is 0 Å². The van der Waals surface area contributed by atoms with Crippen LogP contribution in [0.2, 0.25) is 0 Å². The minimum Gasteiger partial charge on any atom is -0.502 e. The fraction of sp³-hybridized carbons (Fsp3) is 0.133. The van der Waals surface area contributed by atoms with Crippen molar-refractivity contribution in [3.63, 3.8) is 0 Å². The van der Waals surface area contributed by atoms with E-state index in [0.29, 0.717) is 16.8 Å². The van der Waals surface area contributed by atoms with Crippen molar-refractivity contribution >= 4 is 17.1 Å². The molecule has 0 bridgehead atoms. The minimum absolute atomic E-state index is 0.303. The first-order valence-electron chi connectivity index (χ1n) is 6.07. The molecule has 0 saturated heterocycles. The van der Waals surface area contributed by atoms with E-state index >= 15 is 0 Å². The number of nitrogens with zero attached hydrogens (tertiary/aromatic N) is 2. The summed E-state index contributed by atoms with van der Waals surface area (Å²) < 4.78 is 0.